The summed E-state index contributed by atoms with van der Waals surface area (Å²) >= 11 is 0. The summed E-state index contributed by atoms with van der Waals surface area (Å²) in [6, 6.07) is 17.9. The standard InChI is InChI=1S/C28H39N3O3S/c1-22(2)15-17-31-25-12-13-26(31)19-30(18-24-10-6-7-11-27(24)29-16-14-25)28(32)21-35(33,34)20-23-8-4-3-5-9-23/h3-11,22,25-26,29H,12-21H2,1-2H3/t25-,26+/m1/s1. The van der Waals surface area contributed by atoms with Crippen LogP contribution in [0.25, 0.3) is 0 Å². The molecule has 2 aromatic carbocycles. The van der Waals surface area contributed by atoms with Gasteiger partial charge in [0.1, 0.15) is 5.75 Å². The highest BCUT2D eigenvalue weighted by Gasteiger charge is 2.36. The second-order valence-electron chi connectivity index (χ2n) is 10.5. The van der Waals surface area contributed by atoms with E-state index in [1.54, 1.807) is 17.0 Å². The Balaban J connectivity index is 1.56. The molecule has 1 fully saturated rings. The molecule has 2 heterocycles. The lowest BCUT2D eigenvalue weighted by molar-refractivity contribution is -0.129. The number of sulfone groups is 1. The first-order chi connectivity index (χ1) is 16.8. The Morgan fingerprint density at radius 1 is 1.00 bits per heavy atom. The van der Waals surface area contributed by atoms with Crippen LogP contribution < -0.4 is 5.32 Å². The minimum absolute atomic E-state index is 0.114. The van der Waals surface area contributed by atoms with E-state index in [-0.39, 0.29) is 17.7 Å². The molecule has 2 aliphatic heterocycles. The first kappa shape index (κ1) is 25.7. The molecule has 35 heavy (non-hydrogen) atoms. The van der Waals surface area contributed by atoms with Crippen molar-refractivity contribution < 1.29 is 13.2 Å². The number of carbonyl (C=O) groups is 1. The predicted octanol–water partition coefficient (Wildman–Crippen LogP) is 4.32. The van der Waals surface area contributed by atoms with Gasteiger partial charge in [-0.1, -0.05) is 62.4 Å². The fraction of sp³-hybridized carbons (Fsp3) is 0.536. The molecule has 1 saturated heterocycles. The molecule has 2 aromatic rings. The molecule has 2 aliphatic rings. The average Bonchev–Trinajstić information content (AvgIpc) is 3.17. The third kappa shape index (κ3) is 7.07. The minimum atomic E-state index is -3.57. The number of para-hydroxylation sites is 1. The number of nitrogens with one attached hydrogen (secondary N) is 1. The molecular formula is C28H39N3O3S. The van der Waals surface area contributed by atoms with Crippen molar-refractivity contribution in [2.45, 2.75) is 63.9 Å². The first-order valence-corrected chi connectivity index (χ1v) is 14.7. The van der Waals surface area contributed by atoms with Crippen molar-refractivity contribution in [3.63, 3.8) is 0 Å². The third-order valence-corrected chi connectivity index (χ3v) is 8.72. The molecular weight excluding hydrogens is 458 g/mol. The molecule has 4 rings (SSSR count). The molecule has 6 nitrogen and oxygen atoms in total. The quantitative estimate of drug-likeness (QED) is 0.617. The predicted molar refractivity (Wildman–Crippen MR) is 142 cm³/mol. The smallest absolute Gasteiger partial charge is 0.238 e. The highest BCUT2D eigenvalue weighted by molar-refractivity contribution is 7.91. The zero-order valence-corrected chi connectivity index (χ0v) is 21.8. The summed E-state index contributed by atoms with van der Waals surface area (Å²) in [5, 5.41) is 3.59. The summed E-state index contributed by atoms with van der Waals surface area (Å²) in [7, 11) is -3.57. The van der Waals surface area contributed by atoms with Gasteiger partial charge in [0.15, 0.2) is 9.84 Å². The van der Waals surface area contributed by atoms with Gasteiger partial charge in [0.25, 0.3) is 0 Å². The van der Waals surface area contributed by atoms with Crippen LogP contribution in [0.2, 0.25) is 0 Å². The second kappa shape index (κ2) is 11.6. The van der Waals surface area contributed by atoms with Crippen LogP contribution in [0.15, 0.2) is 54.6 Å². The summed E-state index contributed by atoms with van der Waals surface area (Å²) in [6.45, 7) is 7.41. The van der Waals surface area contributed by atoms with Crippen molar-refractivity contribution >= 4 is 21.4 Å². The maximum atomic E-state index is 13.5. The normalized spacial score (nSPS) is 21.3. The number of carbonyl (C=O) groups excluding carboxylic acids is 1. The van der Waals surface area contributed by atoms with E-state index in [4.69, 9.17) is 0 Å². The van der Waals surface area contributed by atoms with Crippen LogP contribution in [0.5, 0.6) is 0 Å². The Morgan fingerprint density at radius 3 is 2.49 bits per heavy atom. The maximum Gasteiger partial charge on any atom is 0.238 e. The molecule has 0 saturated carbocycles. The summed E-state index contributed by atoms with van der Waals surface area (Å²) in [5.74, 6) is -0.255. The SMILES string of the molecule is CC(C)CCN1[C@H]2CCNc3ccccc3CN(C(=O)CS(=O)(=O)Cc3ccccc3)C[C@@H]1CC2. The highest BCUT2D eigenvalue weighted by atomic mass is 32.2. The Kier molecular flexibility index (Phi) is 8.50. The molecule has 0 radical (unpaired) electrons. The number of rotatable bonds is 7. The molecule has 0 aromatic heterocycles. The second-order valence-corrected chi connectivity index (χ2v) is 12.5. The van der Waals surface area contributed by atoms with E-state index in [9.17, 15) is 13.2 Å². The molecule has 1 N–H and O–H groups in total. The van der Waals surface area contributed by atoms with Crippen molar-refractivity contribution in [3.05, 3.63) is 65.7 Å². The molecule has 7 heteroatoms. The van der Waals surface area contributed by atoms with E-state index >= 15 is 0 Å². The van der Waals surface area contributed by atoms with E-state index in [0.717, 1.165) is 50.0 Å². The molecule has 190 valence electrons. The number of hydrogen-bond donors (Lipinski definition) is 1. The van der Waals surface area contributed by atoms with Gasteiger partial charge in [-0.15, -0.1) is 0 Å². The molecule has 1 amide bonds. The van der Waals surface area contributed by atoms with Gasteiger partial charge in [-0.05, 0) is 55.3 Å². The number of amides is 1. The van der Waals surface area contributed by atoms with Gasteiger partial charge in [0.2, 0.25) is 5.91 Å². The van der Waals surface area contributed by atoms with Gasteiger partial charge in [0, 0.05) is 37.4 Å². The van der Waals surface area contributed by atoms with Gasteiger partial charge < -0.3 is 10.2 Å². The fourth-order valence-corrected chi connectivity index (χ4v) is 6.73. The van der Waals surface area contributed by atoms with Crippen molar-refractivity contribution in [1.29, 1.82) is 0 Å². The Labute approximate surface area is 210 Å². The zero-order chi connectivity index (χ0) is 24.8. The van der Waals surface area contributed by atoms with E-state index in [1.807, 2.05) is 36.4 Å². The zero-order valence-electron chi connectivity index (χ0n) is 21.0. The van der Waals surface area contributed by atoms with Crippen molar-refractivity contribution in [3.8, 4) is 0 Å². The molecule has 0 unspecified atom stereocenters. The van der Waals surface area contributed by atoms with Crippen molar-refractivity contribution in [2.24, 2.45) is 5.92 Å². The fourth-order valence-electron chi connectivity index (χ4n) is 5.37. The third-order valence-electron chi connectivity index (χ3n) is 7.26. The molecule has 0 aliphatic carbocycles. The number of benzene rings is 2. The van der Waals surface area contributed by atoms with Crippen LogP contribution >= 0.6 is 0 Å². The topological polar surface area (TPSA) is 69.7 Å². The monoisotopic (exact) mass is 497 g/mol. The number of fused-ring (bicyclic) bond motifs is 3. The number of hydrogen-bond acceptors (Lipinski definition) is 5. The molecule has 2 atom stereocenters. The number of nitrogens with zero attached hydrogens (tertiary/aromatic N) is 2. The van der Waals surface area contributed by atoms with Crippen LogP contribution in [0.4, 0.5) is 5.69 Å². The summed E-state index contributed by atoms with van der Waals surface area (Å²) in [5.41, 5.74) is 2.78. The maximum absolute atomic E-state index is 13.5. The lowest BCUT2D eigenvalue weighted by Gasteiger charge is -2.34. The van der Waals surface area contributed by atoms with Gasteiger partial charge >= 0.3 is 0 Å². The number of anilines is 1. The van der Waals surface area contributed by atoms with Crippen molar-refractivity contribution in [1.82, 2.24) is 9.80 Å². The molecule has 0 spiro atoms. The van der Waals surface area contributed by atoms with Crippen LogP contribution in [0.3, 0.4) is 0 Å². The lowest BCUT2D eigenvalue weighted by atomic mass is 10.1. The Morgan fingerprint density at radius 2 is 1.71 bits per heavy atom. The van der Waals surface area contributed by atoms with E-state index in [2.05, 4.69) is 30.1 Å². The molecule has 2 bridgehead atoms. The Bertz CT molecular complexity index is 1090. The highest BCUT2D eigenvalue weighted by Crippen LogP contribution is 2.30. The first-order valence-electron chi connectivity index (χ1n) is 12.9. The summed E-state index contributed by atoms with van der Waals surface area (Å²) in [6.07, 6.45) is 4.37. The van der Waals surface area contributed by atoms with Gasteiger partial charge in [0.05, 0.1) is 5.75 Å². The minimum Gasteiger partial charge on any atom is -0.385 e. The Hall–Kier alpha value is -2.38. The van der Waals surface area contributed by atoms with Crippen LogP contribution in [0, 0.1) is 5.92 Å². The average molecular weight is 498 g/mol. The van der Waals surface area contributed by atoms with Gasteiger partial charge in [-0.2, -0.15) is 0 Å². The van der Waals surface area contributed by atoms with Gasteiger partial charge in [-0.3, -0.25) is 9.69 Å². The van der Waals surface area contributed by atoms with Crippen molar-refractivity contribution in [2.75, 3.05) is 30.7 Å². The summed E-state index contributed by atoms with van der Waals surface area (Å²) < 4.78 is 25.9. The summed E-state index contributed by atoms with van der Waals surface area (Å²) in [4.78, 5) is 17.9. The van der Waals surface area contributed by atoms with Crippen LogP contribution in [-0.4, -0.2) is 61.6 Å². The largest absolute Gasteiger partial charge is 0.385 e. The van der Waals surface area contributed by atoms with Crippen LogP contribution in [-0.2, 0) is 26.9 Å². The van der Waals surface area contributed by atoms with Crippen LogP contribution in [0.1, 0.15) is 50.7 Å². The van der Waals surface area contributed by atoms with E-state index < -0.39 is 15.6 Å². The van der Waals surface area contributed by atoms with E-state index in [0.29, 0.717) is 30.6 Å². The van der Waals surface area contributed by atoms with Gasteiger partial charge in [-0.25, -0.2) is 8.42 Å². The lowest BCUT2D eigenvalue weighted by Crippen LogP contribution is -2.47. The van der Waals surface area contributed by atoms with E-state index in [1.165, 1.54) is 0 Å².